The summed E-state index contributed by atoms with van der Waals surface area (Å²) in [5.41, 5.74) is 5.64. The Bertz CT molecular complexity index is 882. The zero-order valence-electron chi connectivity index (χ0n) is 16.2. The van der Waals surface area contributed by atoms with Gasteiger partial charge in [-0.25, -0.2) is 9.67 Å². The number of hydrogen-bond donors (Lipinski definition) is 2. The van der Waals surface area contributed by atoms with E-state index in [2.05, 4.69) is 55.7 Å². The average molecular weight is 361 g/mol. The van der Waals surface area contributed by atoms with E-state index < -0.39 is 0 Å². The van der Waals surface area contributed by atoms with Gasteiger partial charge in [0.05, 0.1) is 17.9 Å². The Morgan fingerprint density at radius 2 is 1.63 bits per heavy atom. The summed E-state index contributed by atoms with van der Waals surface area (Å²) in [6, 6.07) is 20.5. The van der Waals surface area contributed by atoms with E-state index in [0.29, 0.717) is 13.1 Å². The Kier molecular flexibility index (Phi) is 6.26. The lowest BCUT2D eigenvalue weighted by Gasteiger charge is -2.12. The predicted molar refractivity (Wildman–Crippen MR) is 111 cm³/mol. The first-order chi connectivity index (χ1) is 13.2. The van der Waals surface area contributed by atoms with Gasteiger partial charge in [0.15, 0.2) is 5.96 Å². The number of aromatic nitrogens is 2. The number of aliphatic imine (C=N–C) groups is 1. The summed E-state index contributed by atoms with van der Waals surface area (Å²) in [6.07, 6.45) is 0. The fourth-order valence-corrected chi connectivity index (χ4v) is 3.02. The van der Waals surface area contributed by atoms with Gasteiger partial charge in [-0.2, -0.15) is 5.10 Å². The largest absolute Gasteiger partial charge is 0.357 e. The lowest BCUT2D eigenvalue weighted by Crippen LogP contribution is -2.37. The van der Waals surface area contributed by atoms with Gasteiger partial charge in [0.1, 0.15) is 0 Å². The molecule has 5 nitrogen and oxygen atoms in total. The van der Waals surface area contributed by atoms with Crippen molar-refractivity contribution in [2.75, 3.05) is 6.54 Å². The highest BCUT2D eigenvalue weighted by atomic mass is 15.3. The van der Waals surface area contributed by atoms with E-state index in [-0.39, 0.29) is 0 Å². The van der Waals surface area contributed by atoms with Crippen molar-refractivity contribution in [3.8, 4) is 5.69 Å². The molecule has 0 saturated carbocycles. The molecule has 0 aliphatic heterocycles. The predicted octanol–water partition coefficient (Wildman–Crippen LogP) is 3.74. The standard InChI is InChI=1S/C22H27N5/c1-4-23-22(24-15-19-11-7-5-8-12-19)25-16-21-17(2)26-27(18(21)3)20-13-9-6-10-14-20/h5-14H,4,15-16H2,1-3H3,(H2,23,24,25). The minimum Gasteiger partial charge on any atom is -0.357 e. The molecule has 0 unspecified atom stereocenters. The normalized spacial score (nSPS) is 11.4. The van der Waals surface area contributed by atoms with Crippen LogP contribution in [0, 0.1) is 13.8 Å². The molecule has 3 rings (SSSR count). The third kappa shape index (κ3) is 4.76. The van der Waals surface area contributed by atoms with Gasteiger partial charge in [0, 0.05) is 24.3 Å². The smallest absolute Gasteiger partial charge is 0.191 e. The molecule has 0 amide bonds. The number of rotatable bonds is 6. The molecule has 0 atom stereocenters. The van der Waals surface area contributed by atoms with Crippen molar-refractivity contribution in [3.05, 3.63) is 83.2 Å². The van der Waals surface area contributed by atoms with Crippen molar-refractivity contribution in [2.24, 2.45) is 4.99 Å². The average Bonchev–Trinajstić information content (AvgIpc) is 2.99. The van der Waals surface area contributed by atoms with Crippen molar-refractivity contribution in [2.45, 2.75) is 33.9 Å². The van der Waals surface area contributed by atoms with E-state index in [4.69, 9.17) is 10.1 Å². The highest BCUT2D eigenvalue weighted by molar-refractivity contribution is 5.79. The third-order valence-electron chi connectivity index (χ3n) is 4.48. The molecule has 0 radical (unpaired) electrons. The van der Waals surface area contributed by atoms with Crippen LogP contribution in [0.15, 0.2) is 65.7 Å². The molecule has 1 aromatic heterocycles. The van der Waals surface area contributed by atoms with Crippen LogP contribution in [0.4, 0.5) is 0 Å². The number of aryl methyl sites for hydroxylation is 1. The summed E-state index contributed by atoms with van der Waals surface area (Å²) in [6.45, 7) is 8.39. The van der Waals surface area contributed by atoms with Crippen LogP contribution in [0.5, 0.6) is 0 Å². The maximum atomic E-state index is 4.71. The second-order valence-electron chi connectivity index (χ2n) is 6.43. The van der Waals surface area contributed by atoms with Gasteiger partial charge in [-0.15, -0.1) is 0 Å². The van der Waals surface area contributed by atoms with Gasteiger partial charge in [-0.3, -0.25) is 0 Å². The maximum Gasteiger partial charge on any atom is 0.191 e. The van der Waals surface area contributed by atoms with Gasteiger partial charge < -0.3 is 10.6 Å². The fraction of sp³-hybridized carbons (Fsp3) is 0.273. The van der Waals surface area contributed by atoms with Crippen molar-refractivity contribution in [1.29, 1.82) is 0 Å². The summed E-state index contributed by atoms with van der Waals surface area (Å²) in [7, 11) is 0. The van der Waals surface area contributed by atoms with Crippen LogP contribution < -0.4 is 10.6 Å². The highest BCUT2D eigenvalue weighted by Crippen LogP contribution is 2.17. The van der Waals surface area contributed by atoms with Gasteiger partial charge >= 0.3 is 0 Å². The summed E-state index contributed by atoms with van der Waals surface area (Å²) >= 11 is 0. The first kappa shape index (κ1) is 18.7. The topological polar surface area (TPSA) is 54.2 Å². The Morgan fingerprint density at radius 1 is 0.963 bits per heavy atom. The van der Waals surface area contributed by atoms with Gasteiger partial charge in [-0.05, 0) is 38.5 Å². The highest BCUT2D eigenvalue weighted by Gasteiger charge is 2.13. The second-order valence-corrected chi connectivity index (χ2v) is 6.43. The molecule has 0 fully saturated rings. The van der Waals surface area contributed by atoms with Crippen LogP contribution in [-0.4, -0.2) is 22.3 Å². The minimum absolute atomic E-state index is 0.650. The number of guanidine groups is 1. The maximum absolute atomic E-state index is 4.71. The second kappa shape index (κ2) is 9.03. The van der Waals surface area contributed by atoms with E-state index in [9.17, 15) is 0 Å². The first-order valence-corrected chi connectivity index (χ1v) is 9.35. The van der Waals surface area contributed by atoms with E-state index in [1.54, 1.807) is 0 Å². The van der Waals surface area contributed by atoms with Crippen molar-refractivity contribution < 1.29 is 0 Å². The summed E-state index contributed by atoms with van der Waals surface area (Å²) in [5.74, 6) is 0.813. The van der Waals surface area contributed by atoms with Crippen LogP contribution in [-0.2, 0) is 13.1 Å². The molecule has 2 aromatic carbocycles. The lowest BCUT2D eigenvalue weighted by atomic mass is 10.2. The lowest BCUT2D eigenvalue weighted by molar-refractivity contribution is 0.805. The number of nitrogens with zero attached hydrogens (tertiary/aromatic N) is 3. The van der Waals surface area contributed by atoms with Crippen molar-refractivity contribution in [3.63, 3.8) is 0 Å². The molecule has 27 heavy (non-hydrogen) atoms. The van der Waals surface area contributed by atoms with Crippen LogP contribution >= 0.6 is 0 Å². The molecule has 0 aliphatic carbocycles. The van der Waals surface area contributed by atoms with Gasteiger partial charge in [-0.1, -0.05) is 48.5 Å². The zero-order valence-corrected chi connectivity index (χ0v) is 16.2. The SMILES string of the molecule is CCNC(=NCc1ccccc1)NCc1c(C)nn(-c2ccccc2)c1C. The van der Waals surface area contributed by atoms with Crippen LogP contribution in [0.3, 0.4) is 0 Å². The van der Waals surface area contributed by atoms with Crippen LogP contribution in [0.1, 0.15) is 29.4 Å². The monoisotopic (exact) mass is 361 g/mol. The molecule has 2 N–H and O–H groups in total. The molecule has 0 bridgehead atoms. The Morgan fingerprint density at radius 3 is 2.30 bits per heavy atom. The van der Waals surface area contributed by atoms with Crippen LogP contribution in [0.2, 0.25) is 0 Å². The minimum atomic E-state index is 0.650. The first-order valence-electron chi connectivity index (χ1n) is 9.35. The molecule has 3 aromatic rings. The molecule has 5 heteroatoms. The summed E-state index contributed by atoms with van der Waals surface area (Å²) in [5, 5.41) is 11.5. The summed E-state index contributed by atoms with van der Waals surface area (Å²) in [4.78, 5) is 4.69. The van der Waals surface area contributed by atoms with E-state index >= 15 is 0 Å². The number of benzene rings is 2. The molecule has 0 aliphatic rings. The quantitative estimate of drug-likeness (QED) is 0.519. The molecule has 0 saturated heterocycles. The van der Waals surface area contributed by atoms with Crippen LogP contribution in [0.25, 0.3) is 5.69 Å². The molecule has 140 valence electrons. The van der Waals surface area contributed by atoms with Crippen molar-refractivity contribution in [1.82, 2.24) is 20.4 Å². The molecule has 0 spiro atoms. The fourth-order valence-electron chi connectivity index (χ4n) is 3.02. The Hall–Kier alpha value is -3.08. The third-order valence-corrected chi connectivity index (χ3v) is 4.48. The molecule has 1 heterocycles. The number of para-hydroxylation sites is 1. The Balaban J connectivity index is 1.73. The van der Waals surface area contributed by atoms with E-state index in [0.717, 1.165) is 29.6 Å². The Labute approximate surface area is 161 Å². The number of hydrogen-bond acceptors (Lipinski definition) is 2. The van der Waals surface area contributed by atoms with E-state index in [1.807, 2.05) is 41.1 Å². The zero-order chi connectivity index (χ0) is 19.1. The molecular formula is C22H27N5. The summed E-state index contributed by atoms with van der Waals surface area (Å²) < 4.78 is 2.00. The van der Waals surface area contributed by atoms with Gasteiger partial charge in [0.25, 0.3) is 0 Å². The number of nitrogens with one attached hydrogen (secondary N) is 2. The van der Waals surface area contributed by atoms with Gasteiger partial charge in [0.2, 0.25) is 0 Å². The molecular weight excluding hydrogens is 334 g/mol. The van der Waals surface area contributed by atoms with E-state index in [1.165, 1.54) is 11.1 Å². The van der Waals surface area contributed by atoms with Crippen molar-refractivity contribution >= 4 is 5.96 Å².